The van der Waals surface area contributed by atoms with Crippen molar-refractivity contribution in [2.45, 2.75) is 25.4 Å². The van der Waals surface area contributed by atoms with E-state index in [1.165, 1.54) is 5.56 Å². The molecule has 120 valence electrons. The van der Waals surface area contributed by atoms with Gasteiger partial charge in [0.2, 0.25) is 0 Å². The van der Waals surface area contributed by atoms with Crippen molar-refractivity contribution < 1.29 is 9.53 Å². The molecule has 0 fully saturated rings. The first-order valence-electron chi connectivity index (χ1n) is 8.34. The normalized spacial score (nSPS) is 16.4. The van der Waals surface area contributed by atoms with Gasteiger partial charge in [-0.15, -0.1) is 0 Å². The van der Waals surface area contributed by atoms with Crippen LogP contribution in [0.3, 0.4) is 0 Å². The smallest absolute Gasteiger partial charge is 0.412 e. The minimum absolute atomic E-state index is 0.162. The minimum atomic E-state index is -0.395. The average molecular weight is 317 g/mol. The van der Waals surface area contributed by atoms with Crippen molar-refractivity contribution in [3.63, 3.8) is 0 Å². The summed E-state index contributed by atoms with van der Waals surface area (Å²) in [5.74, 6) is 0. The van der Waals surface area contributed by atoms with Crippen molar-refractivity contribution in [2.75, 3.05) is 5.32 Å². The number of aryl methyl sites for hydroxylation is 1. The number of amides is 1. The van der Waals surface area contributed by atoms with Crippen LogP contribution >= 0.6 is 0 Å². The number of nitrogens with one attached hydrogen (secondary N) is 1. The third-order valence-electron chi connectivity index (χ3n) is 4.59. The zero-order chi connectivity index (χ0) is 16.4. The molecule has 0 aliphatic heterocycles. The molecule has 3 aromatic rings. The Kier molecular flexibility index (Phi) is 3.91. The SMILES string of the molecule is O=C(Nc1cccc2ccccc12)O[C@@H]1CCCc2ccccc21. The van der Waals surface area contributed by atoms with Crippen molar-refractivity contribution in [1.82, 2.24) is 0 Å². The lowest BCUT2D eigenvalue weighted by molar-refractivity contribution is 0.1000. The summed E-state index contributed by atoms with van der Waals surface area (Å²) in [6.45, 7) is 0. The zero-order valence-electron chi connectivity index (χ0n) is 13.4. The highest BCUT2D eigenvalue weighted by Gasteiger charge is 2.23. The highest BCUT2D eigenvalue weighted by Crippen LogP contribution is 2.33. The Balaban J connectivity index is 1.53. The Morgan fingerprint density at radius 2 is 1.75 bits per heavy atom. The van der Waals surface area contributed by atoms with Crippen molar-refractivity contribution >= 4 is 22.6 Å². The number of hydrogen-bond acceptors (Lipinski definition) is 2. The Morgan fingerprint density at radius 3 is 2.71 bits per heavy atom. The molecule has 1 aliphatic carbocycles. The fourth-order valence-electron chi connectivity index (χ4n) is 3.43. The fourth-order valence-corrected chi connectivity index (χ4v) is 3.43. The van der Waals surface area contributed by atoms with Crippen LogP contribution in [0.5, 0.6) is 0 Å². The van der Waals surface area contributed by atoms with Crippen molar-refractivity contribution in [3.05, 3.63) is 77.9 Å². The molecular weight excluding hydrogens is 298 g/mol. The molecular formula is C21H19NO2. The molecule has 3 heteroatoms. The largest absolute Gasteiger partial charge is 0.441 e. The van der Waals surface area contributed by atoms with Gasteiger partial charge in [0.05, 0.1) is 5.69 Å². The predicted molar refractivity (Wildman–Crippen MR) is 96.2 cm³/mol. The average Bonchev–Trinajstić information content (AvgIpc) is 2.62. The number of anilines is 1. The highest BCUT2D eigenvalue weighted by atomic mass is 16.6. The summed E-state index contributed by atoms with van der Waals surface area (Å²) in [6, 6.07) is 22.1. The summed E-state index contributed by atoms with van der Waals surface area (Å²) in [4.78, 5) is 12.4. The van der Waals surface area contributed by atoms with Gasteiger partial charge in [-0.3, -0.25) is 5.32 Å². The van der Waals surface area contributed by atoms with Crippen LogP contribution in [0.2, 0.25) is 0 Å². The van der Waals surface area contributed by atoms with E-state index in [4.69, 9.17) is 4.74 Å². The summed E-state index contributed by atoms with van der Waals surface area (Å²) in [5, 5.41) is 5.01. The fraction of sp³-hybridized carbons (Fsp3) is 0.190. The standard InChI is InChI=1S/C21H19NO2/c23-21(22-19-13-5-9-15-7-1-3-11-17(15)19)24-20-14-6-10-16-8-2-4-12-18(16)20/h1-5,7-9,11-13,20H,6,10,14H2,(H,22,23)/t20-/m1/s1. The lowest BCUT2D eigenvalue weighted by Gasteiger charge is -2.25. The minimum Gasteiger partial charge on any atom is -0.441 e. The molecule has 0 heterocycles. The molecule has 0 bridgehead atoms. The second-order valence-corrected chi connectivity index (χ2v) is 6.14. The van der Waals surface area contributed by atoms with E-state index in [0.29, 0.717) is 0 Å². The predicted octanol–water partition coefficient (Wildman–Crippen LogP) is 5.47. The summed E-state index contributed by atoms with van der Waals surface area (Å²) < 4.78 is 5.72. The van der Waals surface area contributed by atoms with Gasteiger partial charge in [0.25, 0.3) is 0 Å². The van der Waals surface area contributed by atoms with Crippen molar-refractivity contribution in [3.8, 4) is 0 Å². The second kappa shape index (κ2) is 6.36. The number of ether oxygens (including phenoxy) is 1. The van der Waals surface area contributed by atoms with Gasteiger partial charge in [0, 0.05) is 5.39 Å². The molecule has 0 aromatic heterocycles. The first-order valence-corrected chi connectivity index (χ1v) is 8.34. The molecule has 1 N–H and O–H groups in total. The molecule has 1 atom stereocenters. The molecule has 1 amide bonds. The van der Waals surface area contributed by atoms with Gasteiger partial charge in [-0.25, -0.2) is 4.79 Å². The van der Waals surface area contributed by atoms with Gasteiger partial charge in [0.15, 0.2) is 0 Å². The van der Waals surface area contributed by atoms with E-state index < -0.39 is 6.09 Å². The topological polar surface area (TPSA) is 38.3 Å². The molecule has 0 unspecified atom stereocenters. The molecule has 1 aliphatic rings. The number of hydrogen-bond donors (Lipinski definition) is 1. The lowest BCUT2D eigenvalue weighted by Crippen LogP contribution is -2.20. The molecule has 4 rings (SSSR count). The summed E-state index contributed by atoms with van der Waals surface area (Å²) in [5.41, 5.74) is 3.20. The third-order valence-corrected chi connectivity index (χ3v) is 4.59. The van der Waals surface area contributed by atoms with Crippen LogP contribution in [0.15, 0.2) is 66.7 Å². The zero-order valence-corrected chi connectivity index (χ0v) is 13.4. The summed E-state index contributed by atoms with van der Waals surface area (Å²) in [6.07, 6.45) is 2.42. The van der Waals surface area contributed by atoms with E-state index in [9.17, 15) is 4.79 Å². The molecule has 0 spiro atoms. The van der Waals surface area contributed by atoms with Gasteiger partial charge < -0.3 is 4.74 Å². The maximum atomic E-state index is 12.4. The third kappa shape index (κ3) is 2.85. The Labute approximate surface area is 141 Å². The quantitative estimate of drug-likeness (QED) is 0.681. The van der Waals surface area contributed by atoms with E-state index in [1.807, 2.05) is 54.6 Å². The number of carbonyl (C=O) groups is 1. The van der Waals surface area contributed by atoms with Crippen molar-refractivity contribution in [1.29, 1.82) is 0 Å². The van der Waals surface area contributed by atoms with Crippen LogP contribution in [0.4, 0.5) is 10.5 Å². The van der Waals surface area contributed by atoms with Gasteiger partial charge in [-0.05, 0) is 41.8 Å². The number of rotatable bonds is 2. The Bertz CT molecular complexity index is 882. The van der Waals surface area contributed by atoms with Gasteiger partial charge in [-0.1, -0.05) is 60.7 Å². The van der Waals surface area contributed by atoms with Crippen LogP contribution in [0, 0.1) is 0 Å². The van der Waals surface area contributed by atoms with E-state index >= 15 is 0 Å². The van der Waals surface area contributed by atoms with Gasteiger partial charge in [-0.2, -0.15) is 0 Å². The van der Waals surface area contributed by atoms with Gasteiger partial charge >= 0.3 is 6.09 Å². The molecule has 3 nitrogen and oxygen atoms in total. The van der Waals surface area contributed by atoms with Crippen LogP contribution in [0.25, 0.3) is 10.8 Å². The number of benzene rings is 3. The summed E-state index contributed by atoms with van der Waals surface area (Å²) in [7, 11) is 0. The monoisotopic (exact) mass is 317 g/mol. The number of fused-ring (bicyclic) bond motifs is 2. The van der Waals surface area contributed by atoms with Gasteiger partial charge in [0.1, 0.15) is 6.10 Å². The molecule has 0 radical (unpaired) electrons. The molecule has 0 saturated carbocycles. The van der Waals surface area contributed by atoms with E-state index in [-0.39, 0.29) is 6.10 Å². The van der Waals surface area contributed by atoms with Crippen LogP contribution < -0.4 is 5.32 Å². The van der Waals surface area contributed by atoms with Crippen LogP contribution in [0.1, 0.15) is 30.1 Å². The Morgan fingerprint density at radius 1 is 0.958 bits per heavy atom. The molecule has 24 heavy (non-hydrogen) atoms. The Hall–Kier alpha value is -2.81. The molecule has 3 aromatic carbocycles. The highest BCUT2D eigenvalue weighted by molar-refractivity contribution is 6.00. The maximum absolute atomic E-state index is 12.4. The van der Waals surface area contributed by atoms with Crippen LogP contribution in [-0.2, 0) is 11.2 Å². The summed E-state index contributed by atoms with van der Waals surface area (Å²) >= 11 is 0. The maximum Gasteiger partial charge on any atom is 0.412 e. The van der Waals surface area contributed by atoms with Crippen molar-refractivity contribution in [2.24, 2.45) is 0 Å². The lowest BCUT2D eigenvalue weighted by atomic mass is 9.89. The molecule has 0 saturated heterocycles. The van der Waals surface area contributed by atoms with E-state index in [1.54, 1.807) is 0 Å². The van der Waals surface area contributed by atoms with Crippen LogP contribution in [-0.4, -0.2) is 6.09 Å². The first kappa shape index (κ1) is 14.8. The van der Waals surface area contributed by atoms with E-state index in [2.05, 4.69) is 17.4 Å². The van der Waals surface area contributed by atoms with E-state index in [0.717, 1.165) is 41.3 Å². The second-order valence-electron chi connectivity index (χ2n) is 6.14. The first-order chi connectivity index (χ1) is 11.8. The number of carbonyl (C=O) groups excluding carboxylic acids is 1.